The normalized spacial score (nSPS) is 10.8. The fourth-order valence-corrected chi connectivity index (χ4v) is 3.49. The molecule has 2 aromatic carbocycles. The number of aromatic nitrogens is 2. The summed E-state index contributed by atoms with van der Waals surface area (Å²) in [5.41, 5.74) is 4.77. The van der Waals surface area contributed by atoms with Gasteiger partial charge in [0.2, 0.25) is 5.89 Å². The highest BCUT2D eigenvalue weighted by atomic mass is 16.3. The van der Waals surface area contributed by atoms with Crippen LogP contribution in [0.15, 0.2) is 82.3 Å². The number of nitrogens with one attached hydrogen (secondary N) is 1. The molecule has 0 bridgehead atoms. The summed E-state index contributed by atoms with van der Waals surface area (Å²) in [6.45, 7) is 4.81. The maximum Gasteiger partial charge on any atom is 0.263 e. The van der Waals surface area contributed by atoms with Crippen molar-refractivity contribution in [2.75, 3.05) is 6.54 Å². The number of carbonyl (C=O) groups is 1. The van der Waals surface area contributed by atoms with Gasteiger partial charge in [-0.3, -0.25) is 9.59 Å². The highest BCUT2D eigenvalue weighted by molar-refractivity contribution is 5.93. The average molecular weight is 428 g/mol. The lowest BCUT2D eigenvalue weighted by Gasteiger charge is -2.09. The van der Waals surface area contributed by atoms with Gasteiger partial charge < -0.3 is 14.3 Å². The van der Waals surface area contributed by atoms with Crippen LogP contribution in [0, 0.1) is 13.8 Å². The minimum absolute atomic E-state index is 0.126. The molecule has 0 aliphatic rings. The van der Waals surface area contributed by atoms with Gasteiger partial charge in [0.05, 0.1) is 12.2 Å². The molecule has 4 rings (SSSR count). The molecule has 6 heteroatoms. The highest BCUT2D eigenvalue weighted by Gasteiger charge is 2.13. The van der Waals surface area contributed by atoms with Gasteiger partial charge in [-0.25, -0.2) is 4.98 Å². The van der Waals surface area contributed by atoms with Gasteiger partial charge in [0.25, 0.3) is 11.5 Å². The molecular formula is C26H25N3O3. The van der Waals surface area contributed by atoms with Gasteiger partial charge in [0.1, 0.15) is 11.8 Å². The molecule has 2 aromatic heterocycles. The molecule has 0 aliphatic heterocycles. The van der Waals surface area contributed by atoms with E-state index >= 15 is 0 Å². The SMILES string of the molecule is Cc1ccc(-c2nc(CCNC(=O)c3cccn(Cc4cccc(C)c4)c3=O)co2)cc1. The molecule has 0 spiro atoms. The summed E-state index contributed by atoms with van der Waals surface area (Å²) in [5.74, 6) is 0.157. The van der Waals surface area contributed by atoms with Crippen LogP contribution in [0.25, 0.3) is 11.5 Å². The van der Waals surface area contributed by atoms with Crippen LogP contribution in [-0.4, -0.2) is 22.0 Å². The Balaban J connectivity index is 1.37. The summed E-state index contributed by atoms with van der Waals surface area (Å²) < 4.78 is 7.11. The molecule has 4 aromatic rings. The Morgan fingerprint density at radius 2 is 1.84 bits per heavy atom. The molecule has 0 unspecified atom stereocenters. The van der Waals surface area contributed by atoms with Crippen LogP contribution in [-0.2, 0) is 13.0 Å². The van der Waals surface area contributed by atoms with Crippen molar-refractivity contribution in [2.24, 2.45) is 0 Å². The number of aryl methyl sites for hydroxylation is 2. The standard InChI is InChI=1S/C26H25N3O3/c1-18-8-10-21(11-9-18)25-28-22(17-32-25)12-13-27-24(30)23-7-4-14-29(26(23)31)16-20-6-3-5-19(2)15-20/h3-11,14-15,17H,12-13,16H2,1-2H3,(H,27,30). The summed E-state index contributed by atoms with van der Waals surface area (Å²) in [4.78, 5) is 29.9. The van der Waals surface area contributed by atoms with Gasteiger partial charge in [-0.2, -0.15) is 0 Å². The number of nitrogens with zero attached hydrogens (tertiary/aromatic N) is 2. The molecule has 0 saturated heterocycles. The Labute approximate surface area is 186 Å². The molecule has 0 atom stereocenters. The van der Waals surface area contributed by atoms with E-state index in [4.69, 9.17) is 4.42 Å². The lowest BCUT2D eigenvalue weighted by molar-refractivity contribution is 0.0952. The number of hydrogen-bond donors (Lipinski definition) is 1. The molecule has 1 N–H and O–H groups in total. The van der Waals surface area contributed by atoms with Crippen molar-refractivity contribution in [3.05, 3.63) is 111 Å². The fourth-order valence-electron chi connectivity index (χ4n) is 3.49. The van der Waals surface area contributed by atoms with E-state index in [9.17, 15) is 9.59 Å². The lowest BCUT2D eigenvalue weighted by Crippen LogP contribution is -2.33. The van der Waals surface area contributed by atoms with Crippen molar-refractivity contribution in [1.29, 1.82) is 0 Å². The van der Waals surface area contributed by atoms with Crippen molar-refractivity contribution in [2.45, 2.75) is 26.8 Å². The molecule has 6 nitrogen and oxygen atoms in total. The summed E-state index contributed by atoms with van der Waals surface area (Å²) in [5, 5.41) is 2.81. The largest absolute Gasteiger partial charge is 0.444 e. The molecule has 0 fully saturated rings. The van der Waals surface area contributed by atoms with E-state index in [1.807, 2.05) is 62.4 Å². The van der Waals surface area contributed by atoms with Gasteiger partial charge >= 0.3 is 0 Å². The van der Waals surface area contributed by atoms with Gasteiger partial charge in [0.15, 0.2) is 0 Å². The molecule has 0 radical (unpaired) electrons. The highest BCUT2D eigenvalue weighted by Crippen LogP contribution is 2.19. The van der Waals surface area contributed by atoms with E-state index in [1.54, 1.807) is 29.2 Å². The van der Waals surface area contributed by atoms with Gasteiger partial charge in [-0.1, -0.05) is 47.5 Å². The van der Waals surface area contributed by atoms with Gasteiger partial charge in [-0.15, -0.1) is 0 Å². The van der Waals surface area contributed by atoms with Crippen molar-refractivity contribution in [3.8, 4) is 11.5 Å². The number of amides is 1. The third kappa shape index (κ3) is 5.03. The quantitative estimate of drug-likeness (QED) is 0.481. The Morgan fingerprint density at radius 3 is 2.62 bits per heavy atom. The van der Waals surface area contributed by atoms with Crippen LogP contribution in [0.2, 0.25) is 0 Å². The zero-order valence-electron chi connectivity index (χ0n) is 18.2. The predicted octanol–water partition coefficient (Wildman–Crippen LogP) is 4.14. The Kier molecular flexibility index (Phi) is 6.31. The van der Waals surface area contributed by atoms with E-state index < -0.39 is 5.91 Å². The number of oxazole rings is 1. The maximum absolute atomic E-state index is 12.8. The van der Waals surface area contributed by atoms with Crippen LogP contribution >= 0.6 is 0 Å². The first-order valence-electron chi connectivity index (χ1n) is 10.5. The number of hydrogen-bond acceptors (Lipinski definition) is 4. The van der Waals surface area contributed by atoms with Crippen LogP contribution in [0.3, 0.4) is 0 Å². The minimum Gasteiger partial charge on any atom is -0.444 e. The first kappa shape index (κ1) is 21.3. The molecule has 32 heavy (non-hydrogen) atoms. The zero-order chi connectivity index (χ0) is 22.5. The summed E-state index contributed by atoms with van der Waals surface area (Å²) in [6, 6.07) is 19.2. The van der Waals surface area contributed by atoms with Crippen molar-refractivity contribution >= 4 is 5.91 Å². The first-order valence-corrected chi connectivity index (χ1v) is 10.5. The molecule has 0 aliphatic carbocycles. The topological polar surface area (TPSA) is 77.1 Å². The number of benzene rings is 2. The van der Waals surface area contributed by atoms with Crippen LogP contribution in [0.4, 0.5) is 0 Å². The lowest BCUT2D eigenvalue weighted by atomic mass is 10.1. The second-order valence-corrected chi connectivity index (χ2v) is 7.86. The molecule has 162 valence electrons. The molecule has 2 heterocycles. The number of rotatable bonds is 7. The van der Waals surface area contributed by atoms with E-state index in [0.29, 0.717) is 25.4 Å². The van der Waals surface area contributed by atoms with Crippen molar-refractivity contribution < 1.29 is 9.21 Å². The monoisotopic (exact) mass is 427 g/mol. The maximum atomic E-state index is 12.8. The molecule has 1 amide bonds. The smallest absolute Gasteiger partial charge is 0.263 e. The Hall–Kier alpha value is -3.93. The molecule has 0 saturated carbocycles. The second-order valence-electron chi connectivity index (χ2n) is 7.86. The van der Waals surface area contributed by atoms with E-state index in [2.05, 4.69) is 10.3 Å². The van der Waals surface area contributed by atoms with Crippen LogP contribution < -0.4 is 10.9 Å². The summed E-state index contributed by atoms with van der Waals surface area (Å²) in [6.07, 6.45) is 3.80. The van der Waals surface area contributed by atoms with Crippen LogP contribution in [0.1, 0.15) is 32.7 Å². The predicted molar refractivity (Wildman–Crippen MR) is 124 cm³/mol. The third-order valence-corrected chi connectivity index (χ3v) is 5.22. The first-order chi connectivity index (χ1) is 15.5. The Morgan fingerprint density at radius 1 is 1.03 bits per heavy atom. The van der Waals surface area contributed by atoms with E-state index in [-0.39, 0.29) is 11.1 Å². The van der Waals surface area contributed by atoms with E-state index in [0.717, 1.165) is 22.4 Å². The van der Waals surface area contributed by atoms with Gasteiger partial charge in [-0.05, 0) is 43.7 Å². The Bertz CT molecular complexity index is 1290. The third-order valence-electron chi connectivity index (χ3n) is 5.22. The van der Waals surface area contributed by atoms with Crippen molar-refractivity contribution in [1.82, 2.24) is 14.9 Å². The van der Waals surface area contributed by atoms with E-state index in [1.165, 1.54) is 5.56 Å². The zero-order valence-corrected chi connectivity index (χ0v) is 18.2. The second kappa shape index (κ2) is 9.47. The summed E-state index contributed by atoms with van der Waals surface area (Å²) >= 11 is 0. The molecular weight excluding hydrogens is 402 g/mol. The van der Waals surface area contributed by atoms with Gasteiger partial charge in [0, 0.05) is 24.7 Å². The number of pyridine rings is 1. The average Bonchev–Trinajstić information content (AvgIpc) is 3.24. The number of carbonyl (C=O) groups excluding carboxylic acids is 1. The summed E-state index contributed by atoms with van der Waals surface area (Å²) in [7, 11) is 0. The fraction of sp³-hybridized carbons (Fsp3) is 0.192. The van der Waals surface area contributed by atoms with Crippen molar-refractivity contribution in [3.63, 3.8) is 0 Å². The van der Waals surface area contributed by atoms with Crippen LogP contribution in [0.5, 0.6) is 0 Å². The minimum atomic E-state index is -0.393.